The molecule has 0 spiro atoms. The lowest BCUT2D eigenvalue weighted by Gasteiger charge is -2.23. The highest BCUT2D eigenvalue weighted by Gasteiger charge is 2.39. The zero-order valence-corrected chi connectivity index (χ0v) is 15.9. The van der Waals surface area contributed by atoms with E-state index < -0.39 is 12.1 Å². The van der Waals surface area contributed by atoms with Crippen LogP contribution in [0.5, 0.6) is 0 Å². The molecule has 0 radical (unpaired) electrons. The maximum atomic E-state index is 12.4. The third-order valence-electron chi connectivity index (χ3n) is 5.33. The largest absolute Gasteiger partial charge is 0.490 e. The molecule has 1 N–H and O–H groups in total. The van der Waals surface area contributed by atoms with Gasteiger partial charge >= 0.3 is 12.1 Å². The Bertz CT molecular complexity index is 691. The van der Waals surface area contributed by atoms with Gasteiger partial charge in [-0.05, 0) is 30.9 Å². The van der Waals surface area contributed by atoms with Gasteiger partial charge in [0.2, 0.25) is 5.91 Å². The van der Waals surface area contributed by atoms with Crippen molar-refractivity contribution in [3.8, 4) is 0 Å². The molecule has 0 unspecified atom stereocenters. The number of alkyl halides is 3. The number of hydrogen-bond acceptors (Lipinski definition) is 5. The first-order chi connectivity index (χ1) is 13.7. The van der Waals surface area contributed by atoms with E-state index >= 15 is 0 Å². The number of carbonyl (C=O) groups is 2. The molecule has 162 valence electrons. The number of amides is 1. The van der Waals surface area contributed by atoms with Crippen LogP contribution in [0.4, 0.5) is 13.2 Å². The van der Waals surface area contributed by atoms with E-state index in [9.17, 15) is 18.0 Å². The molecule has 3 heterocycles. The molecule has 1 aromatic rings. The molecule has 2 saturated heterocycles. The minimum absolute atomic E-state index is 0.153. The summed E-state index contributed by atoms with van der Waals surface area (Å²) < 4.78 is 43.0. The Morgan fingerprint density at radius 3 is 2.52 bits per heavy atom. The predicted octanol–water partition coefficient (Wildman–Crippen LogP) is 2.02. The van der Waals surface area contributed by atoms with Gasteiger partial charge in [0, 0.05) is 38.6 Å². The van der Waals surface area contributed by atoms with Crippen molar-refractivity contribution in [2.45, 2.75) is 31.5 Å². The molecule has 1 amide bonds. The summed E-state index contributed by atoms with van der Waals surface area (Å²) in [5.74, 6) is -0.488. The third-order valence-corrected chi connectivity index (χ3v) is 5.33. The van der Waals surface area contributed by atoms with Gasteiger partial charge in [0.05, 0.1) is 25.4 Å². The summed E-state index contributed by atoms with van der Waals surface area (Å²) >= 11 is 0. The van der Waals surface area contributed by atoms with E-state index in [2.05, 4.69) is 4.90 Å². The maximum Gasteiger partial charge on any atom is 0.490 e. The number of aliphatic carboxylic acids is 1. The van der Waals surface area contributed by atoms with Crippen molar-refractivity contribution < 1.29 is 37.0 Å². The number of fused-ring (bicyclic) bond motifs is 1. The van der Waals surface area contributed by atoms with Crippen LogP contribution in [0.1, 0.15) is 18.6 Å². The van der Waals surface area contributed by atoms with Gasteiger partial charge in [0.25, 0.3) is 0 Å². The lowest BCUT2D eigenvalue weighted by Crippen LogP contribution is -2.35. The van der Waals surface area contributed by atoms with Gasteiger partial charge in [-0.15, -0.1) is 0 Å². The van der Waals surface area contributed by atoms with Gasteiger partial charge < -0.3 is 24.1 Å². The summed E-state index contributed by atoms with van der Waals surface area (Å²) in [6.45, 7) is 5.70. The number of carboxylic acid groups (broad SMARTS) is 1. The van der Waals surface area contributed by atoms with E-state index in [1.165, 1.54) is 19.4 Å². The molecule has 0 aromatic carbocycles. The molecule has 1 aliphatic carbocycles. The molecule has 3 aliphatic rings. The predicted molar refractivity (Wildman–Crippen MR) is 95.1 cm³/mol. The van der Waals surface area contributed by atoms with Crippen molar-refractivity contribution in [1.82, 2.24) is 9.80 Å². The SMILES string of the molecule is O=C(Cc1ccco1)N1C[C@@H]2CN(CC3CC3)CCO[C@@H]2C1.O=C(O)C(F)(F)F. The average molecular weight is 418 g/mol. The first-order valence-corrected chi connectivity index (χ1v) is 9.66. The number of ether oxygens (including phenoxy) is 1. The molecule has 2 aliphatic heterocycles. The first-order valence-electron chi connectivity index (χ1n) is 9.66. The molecule has 1 saturated carbocycles. The molecule has 2 atom stereocenters. The number of rotatable bonds is 4. The molecule has 1 aromatic heterocycles. The molecular weight excluding hydrogens is 393 g/mol. The summed E-state index contributed by atoms with van der Waals surface area (Å²) in [4.78, 5) is 25.8. The Morgan fingerprint density at radius 1 is 1.21 bits per heavy atom. The Morgan fingerprint density at radius 2 is 1.93 bits per heavy atom. The summed E-state index contributed by atoms with van der Waals surface area (Å²) in [6, 6.07) is 3.69. The summed E-state index contributed by atoms with van der Waals surface area (Å²) in [5, 5.41) is 7.12. The van der Waals surface area contributed by atoms with Gasteiger partial charge in [-0.1, -0.05) is 0 Å². The van der Waals surface area contributed by atoms with E-state index in [0.29, 0.717) is 12.3 Å². The van der Waals surface area contributed by atoms with E-state index in [4.69, 9.17) is 19.1 Å². The number of carbonyl (C=O) groups excluding carboxylic acids is 1. The Labute approximate surface area is 166 Å². The highest BCUT2D eigenvalue weighted by Crippen LogP contribution is 2.31. The van der Waals surface area contributed by atoms with E-state index in [0.717, 1.165) is 44.5 Å². The summed E-state index contributed by atoms with van der Waals surface area (Å²) in [6.07, 6.45) is -0.115. The van der Waals surface area contributed by atoms with Crippen LogP contribution in [0.25, 0.3) is 0 Å². The van der Waals surface area contributed by atoms with Crippen LogP contribution in [-0.4, -0.2) is 78.4 Å². The van der Waals surface area contributed by atoms with Gasteiger partial charge in [0.15, 0.2) is 0 Å². The molecule has 3 fully saturated rings. The maximum absolute atomic E-state index is 12.4. The smallest absolute Gasteiger partial charge is 0.475 e. The summed E-state index contributed by atoms with van der Waals surface area (Å²) in [7, 11) is 0. The fourth-order valence-electron chi connectivity index (χ4n) is 3.67. The normalized spacial score (nSPS) is 25.0. The number of carboxylic acids is 1. The molecule has 7 nitrogen and oxygen atoms in total. The van der Waals surface area contributed by atoms with E-state index in [1.54, 1.807) is 6.26 Å². The van der Waals surface area contributed by atoms with Crippen molar-refractivity contribution in [1.29, 1.82) is 0 Å². The number of halogens is 3. The van der Waals surface area contributed by atoms with Gasteiger partial charge in [-0.2, -0.15) is 13.2 Å². The van der Waals surface area contributed by atoms with Crippen LogP contribution < -0.4 is 0 Å². The van der Waals surface area contributed by atoms with Crippen molar-refractivity contribution >= 4 is 11.9 Å². The molecule has 10 heteroatoms. The molecular formula is C19H25F3N2O5. The van der Waals surface area contributed by atoms with Crippen LogP contribution >= 0.6 is 0 Å². The van der Waals surface area contributed by atoms with Crippen molar-refractivity contribution in [2.75, 3.05) is 39.3 Å². The van der Waals surface area contributed by atoms with Crippen LogP contribution in [0, 0.1) is 11.8 Å². The van der Waals surface area contributed by atoms with Crippen molar-refractivity contribution in [3.63, 3.8) is 0 Å². The van der Waals surface area contributed by atoms with Crippen LogP contribution in [0.2, 0.25) is 0 Å². The van der Waals surface area contributed by atoms with Crippen LogP contribution in [-0.2, 0) is 20.7 Å². The standard InChI is InChI=1S/C17H24N2O3.C2HF3O2/c20-17(8-15-2-1-6-21-15)19-11-14-10-18(9-13-3-4-13)5-7-22-16(14)12-19;3-2(4,5)1(6)7/h1-2,6,13-14,16H,3-5,7-12H2;(H,6,7)/t14-,16+;/m0./s1. The highest BCUT2D eigenvalue weighted by molar-refractivity contribution is 5.78. The fraction of sp³-hybridized carbons (Fsp3) is 0.684. The third kappa shape index (κ3) is 6.46. The highest BCUT2D eigenvalue weighted by atomic mass is 19.4. The number of nitrogens with zero attached hydrogens (tertiary/aromatic N) is 2. The lowest BCUT2D eigenvalue weighted by atomic mass is 10.1. The Balaban J connectivity index is 0.000000298. The van der Waals surface area contributed by atoms with Gasteiger partial charge in [-0.3, -0.25) is 4.79 Å². The van der Waals surface area contributed by atoms with Crippen LogP contribution in [0.15, 0.2) is 22.8 Å². The molecule has 0 bridgehead atoms. The summed E-state index contributed by atoms with van der Waals surface area (Å²) in [5.41, 5.74) is 0. The number of furan rings is 1. The number of likely N-dealkylation sites (tertiary alicyclic amines) is 1. The second-order valence-electron chi connectivity index (χ2n) is 7.73. The quantitative estimate of drug-likeness (QED) is 0.806. The fourth-order valence-corrected chi connectivity index (χ4v) is 3.67. The number of hydrogen-bond donors (Lipinski definition) is 1. The zero-order valence-electron chi connectivity index (χ0n) is 15.9. The van der Waals surface area contributed by atoms with Gasteiger partial charge in [-0.25, -0.2) is 4.79 Å². The zero-order chi connectivity index (χ0) is 21.0. The first kappa shape index (κ1) is 21.6. The molecule has 29 heavy (non-hydrogen) atoms. The van der Waals surface area contributed by atoms with Crippen molar-refractivity contribution in [3.05, 3.63) is 24.2 Å². The minimum atomic E-state index is -5.08. The average Bonchev–Trinajstić information content (AvgIpc) is 3.20. The topological polar surface area (TPSA) is 83.2 Å². The Hall–Kier alpha value is -2.07. The monoisotopic (exact) mass is 418 g/mol. The van der Waals surface area contributed by atoms with Crippen LogP contribution in [0.3, 0.4) is 0 Å². The second-order valence-corrected chi connectivity index (χ2v) is 7.73. The van der Waals surface area contributed by atoms with Crippen molar-refractivity contribution in [2.24, 2.45) is 11.8 Å². The van der Waals surface area contributed by atoms with E-state index in [-0.39, 0.29) is 12.0 Å². The van der Waals surface area contributed by atoms with Gasteiger partial charge in [0.1, 0.15) is 5.76 Å². The second kappa shape index (κ2) is 9.17. The lowest BCUT2D eigenvalue weighted by molar-refractivity contribution is -0.192. The minimum Gasteiger partial charge on any atom is -0.475 e. The molecule has 4 rings (SSSR count). The van der Waals surface area contributed by atoms with E-state index in [1.807, 2.05) is 17.0 Å². The Kier molecular flexibility index (Phi) is 6.84.